The molecule has 0 spiro atoms. The highest BCUT2D eigenvalue weighted by molar-refractivity contribution is 5.95. The van der Waals surface area contributed by atoms with Crippen LogP contribution in [-0.2, 0) is 6.61 Å². The van der Waals surface area contributed by atoms with Crippen molar-refractivity contribution in [3.63, 3.8) is 0 Å². The first-order valence-electron chi connectivity index (χ1n) is 6.43. The fourth-order valence-corrected chi connectivity index (χ4v) is 1.91. The molecule has 0 aliphatic heterocycles. The lowest BCUT2D eigenvalue weighted by Crippen LogP contribution is -2.02. The number of nitro groups is 1. The lowest BCUT2D eigenvalue weighted by atomic mass is 10.1. The standard InChI is InChI=1S/C16H12N2O4/c1-11(19)12-6-7-16(15(8-12)18(20)21)22-10-14-5-3-2-4-13(14)9-17/h2-8H,10H2,1H3. The minimum Gasteiger partial charge on any atom is -0.482 e. The maximum absolute atomic E-state index is 11.3. The Labute approximate surface area is 126 Å². The van der Waals surface area contributed by atoms with E-state index in [2.05, 4.69) is 0 Å². The second-order valence-electron chi connectivity index (χ2n) is 4.55. The van der Waals surface area contributed by atoms with Gasteiger partial charge in [0.25, 0.3) is 0 Å². The second kappa shape index (κ2) is 6.50. The molecule has 0 radical (unpaired) electrons. The first-order chi connectivity index (χ1) is 10.5. The predicted molar refractivity (Wildman–Crippen MR) is 78.6 cm³/mol. The third-order valence-electron chi connectivity index (χ3n) is 3.08. The molecule has 110 valence electrons. The van der Waals surface area contributed by atoms with Crippen LogP contribution in [0.5, 0.6) is 5.75 Å². The first kappa shape index (κ1) is 15.2. The van der Waals surface area contributed by atoms with E-state index >= 15 is 0 Å². The molecule has 2 rings (SSSR count). The topological polar surface area (TPSA) is 93.2 Å². The molecule has 0 aromatic heterocycles. The fraction of sp³-hybridized carbons (Fsp3) is 0.125. The average Bonchev–Trinajstić information content (AvgIpc) is 2.52. The Morgan fingerprint density at radius 2 is 2.05 bits per heavy atom. The number of rotatable bonds is 5. The van der Waals surface area contributed by atoms with Crippen molar-refractivity contribution in [2.75, 3.05) is 0 Å². The number of ether oxygens (including phenoxy) is 1. The van der Waals surface area contributed by atoms with Crippen LogP contribution in [0, 0.1) is 21.4 Å². The van der Waals surface area contributed by atoms with Crippen LogP contribution in [-0.4, -0.2) is 10.7 Å². The Morgan fingerprint density at radius 3 is 2.68 bits per heavy atom. The fourth-order valence-electron chi connectivity index (χ4n) is 1.91. The molecular formula is C16H12N2O4. The normalized spacial score (nSPS) is 9.82. The van der Waals surface area contributed by atoms with Crippen LogP contribution in [0.4, 0.5) is 5.69 Å². The zero-order valence-electron chi connectivity index (χ0n) is 11.8. The molecule has 6 nitrogen and oxygen atoms in total. The molecule has 22 heavy (non-hydrogen) atoms. The van der Waals surface area contributed by atoms with Gasteiger partial charge in [0.15, 0.2) is 11.5 Å². The van der Waals surface area contributed by atoms with Crippen molar-refractivity contribution in [3.05, 3.63) is 69.3 Å². The summed E-state index contributed by atoms with van der Waals surface area (Å²) in [7, 11) is 0. The maximum Gasteiger partial charge on any atom is 0.311 e. The van der Waals surface area contributed by atoms with E-state index < -0.39 is 4.92 Å². The van der Waals surface area contributed by atoms with Crippen LogP contribution in [0.25, 0.3) is 0 Å². The van der Waals surface area contributed by atoms with Crippen LogP contribution >= 0.6 is 0 Å². The van der Waals surface area contributed by atoms with E-state index in [-0.39, 0.29) is 29.4 Å². The number of nitriles is 1. The third-order valence-corrected chi connectivity index (χ3v) is 3.08. The number of Topliss-reactive ketones (excluding diaryl/α,β-unsaturated/α-hetero) is 1. The van der Waals surface area contributed by atoms with Gasteiger partial charge < -0.3 is 4.74 Å². The van der Waals surface area contributed by atoms with Crippen LogP contribution in [0.15, 0.2) is 42.5 Å². The second-order valence-corrected chi connectivity index (χ2v) is 4.55. The number of benzene rings is 2. The Morgan fingerprint density at radius 1 is 1.32 bits per heavy atom. The van der Waals surface area contributed by atoms with Crippen molar-refractivity contribution in [1.82, 2.24) is 0 Å². The molecule has 0 saturated heterocycles. The molecule has 0 unspecified atom stereocenters. The van der Waals surface area contributed by atoms with Crippen molar-refractivity contribution in [2.45, 2.75) is 13.5 Å². The summed E-state index contributed by atoms with van der Waals surface area (Å²) in [6.07, 6.45) is 0. The van der Waals surface area contributed by atoms with Crippen molar-refractivity contribution in [1.29, 1.82) is 5.26 Å². The van der Waals surface area contributed by atoms with Crippen molar-refractivity contribution in [2.24, 2.45) is 0 Å². The number of nitro benzene ring substituents is 1. The molecule has 0 aliphatic rings. The van der Waals surface area contributed by atoms with Gasteiger partial charge in [0.05, 0.1) is 16.6 Å². The highest BCUT2D eigenvalue weighted by Crippen LogP contribution is 2.29. The van der Waals surface area contributed by atoms with Gasteiger partial charge in [-0.15, -0.1) is 0 Å². The molecule has 0 N–H and O–H groups in total. The predicted octanol–water partition coefficient (Wildman–Crippen LogP) is 3.25. The molecule has 0 heterocycles. The highest BCUT2D eigenvalue weighted by atomic mass is 16.6. The summed E-state index contributed by atoms with van der Waals surface area (Å²) in [5, 5.41) is 20.1. The van der Waals surface area contributed by atoms with Crippen LogP contribution in [0.3, 0.4) is 0 Å². The number of carbonyl (C=O) groups is 1. The summed E-state index contributed by atoms with van der Waals surface area (Å²) >= 11 is 0. The number of nitrogens with zero attached hydrogens (tertiary/aromatic N) is 2. The van der Waals surface area contributed by atoms with Crippen LogP contribution in [0.1, 0.15) is 28.4 Å². The zero-order chi connectivity index (χ0) is 16.1. The van der Waals surface area contributed by atoms with Gasteiger partial charge in [-0.1, -0.05) is 18.2 Å². The highest BCUT2D eigenvalue weighted by Gasteiger charge is 2.18. The molecule has 2 aromatic carbocycles. The Hall–Kier alpha value is -3.20. The number of hydrogen-bond donors (Lipinski definition) is 0. The summed E-state index contributed by atoms with van der Waals surface area (Å²) in [6, 6.07) is 12.9. The van der Waals surface area contributed by atoms with Gasteiger partial charge in [-0.25, -0.2) is 0 Å². The summed E-state index contributed by atoms with van der Waals surface area (Å²) in [4.78, 5) is 21.8. The van der Waals surface area contributed by atoms with E-state index in [4.69, 9.17) is 10.00 Å². The quantitative estimate of drug-likeness (QED) is 0.479. The molecule has 0 atom stereocenters. The minimum atomic E-state index is -0.599. The van der Waals surface area contributed by atoms with Gasteiger partial charge in [-0.2, -0.15) is 5.26 Å². The molecule has 0 aliphatic carbocycles. The number of hydrogen-bond acceptors (Lipinski definition) is 5. The molecule has 2 aromatic rings. The van der Waals surface area contributed by atoms with Gasteiger partial charge in [0.1, 0.15) is 6.61 Å². The van der Waals surface area contributed by atoms with Crippen molar-refractivity contribution in [3.8, 4) is 11.8 Å². The lowest BCUT2D eigenvalue weighted by Gasteiger charge is -2.08. The Kier molecular flexibility index (Phi) is 4.49. The van der Waals surface area contributed by atoms with E-state index in [9.17, 15) is 14.9 Å². The number of carbonyl (C=O) groups excluding carboxylic acids is 1. The summed E-state index contributed by atoms with van der Waals surface area (Å²) in [5.41, 5.74) is 1.05. The molecular weight excluding hydrogens is 284 g/mol. The van der Waals surface area contributed by atoms with Crippen molar-refractivity contribution < 1.29 is 14.5 Å². The summed E-state index contributed by atoms with van der Waals surface area (Å²) in [6.45, 7) is 1.37. The van der Waals surface area contributed by atoms with Crippen molar-refractivity contribution >= 4 is 11.5 Å². The van der Waals surface area contributed by atoms with Gasteiger partial charge in [0, 0.05) is 17.2 Å². The van der Waals surface area contributed by atoms with Gasteiger partial charge >= 0.3 is 5.69 Å². The molecule has 6 heteroatoms. The van der Waals surface area contributed by atoms with E-state index in [0.717, 1.165) is 0 Å². The van der Waals surface area contributed by atoms with Gasteiger partial charge in [-0.3, -0.25) is 14.9 Å². The largest absolute Gasteiger partial charge is 0.482 e. The average molecular weight is 296 g/mol. The first-order valence-corrected chi connectivity index (χ1v) is 6.43. The molecule has 0 fully saturated rings. The van der Waals surface area contributed by atoms with E-state index in [0.29, 0.717) is 11.1 Å². The minimum absolute atomic E-state index is 0.0317. The number of ketones is 1. The monoisotopic (exact) mass is 296 g/mol. The Balaban J connectivity index is 2.28. The Bertz CT molecular complexity index is 778. The lowest BCUT2D eigenvalue weighted by molar-refractivity contribution is -0.386. The maximum atomic E-state index is 11.3. The smallest absolute Gasteiger partial charge is 0.311 e. The SMILES string of the molecule is CC(=O)c1ccc(OCc2ccccc2C#N)c([N+](=O)[O-])c1. The van der Waals surface area contributed by atoms with Gasteiger partial charge in [0.2, 0.25) is 0 Å². The van der Waals surface area contributed by atoms with Crippen LogP contribution < -0.4 is 4.74 Å². The molecule has 0 saturated carbocycles. The summed E-state index contributed by atoms with van der Waals surface area (Å²) < 4.78 is 5.46. The van der Waals surface area contributed by atoms with Crippen LogP contribution in [0.2, 0.25) is 0 Å². The zero-order valence-corrected chi connectivity index (χ0v) is 11.8. The van der Waals surface area contributed by atoms with E-state index in [1.54, 1.807) is 24.3 Å². The molecule has 0 amide bonds. The van der Waals surface area contributed by atoms with E-state index in [1.807, 2.05) is 6.07 Å². The third kappa shape index (κ3) is 3.27. The van der Waals surface area contributed by atoms with E-state index in [1.165, 1.54) is 25.1 Å². The van der Waals surface area contributed by atoms with Gasteiger partial charge in [-0.05, 0) is 25.1 Å². The molecule has 0 bridgehead atoms. The summed E-state index contributed by atoms with van der Waals surface area (Å²) in [5.74, 6) is -0.202.